The van der Waals surface area contributed by atoms with Gasteiger partial charge in [-0.2, -0.15) is 0 Å². The highest BCUT2D eigenvalue weighted by Crippen LogP contribution is 2.46. The molecule has 188 valence electrons. The Morgan fingerprint density at radius 3 is 2.39 bits per heavy atom. The molecule has 1 N–H and O–H groups in total. The van der Waals surface area contributed by atoms with Gasteiger partial charge in [0.15, 0.2) is 5.78 Å². The second-order valence-electron chi connectivity index (χ2n) is 9.48. The standard InChI is InChI=1S/C29H31FN2O4/c1-3-36-29(34)26-18(2)31-24-16-21(19-4-8-22(30)9-5-19)17-25(33)28(24)27(26)20-6-10-23(11-7-20)32-12-14-35-15-13-32/h4-11,21,27,31H,3,12-17H2,1-2H3/t21-,27-/m0/s1. The summed E-state index contributed by atoms with van der Waals surface area (Å²) in [5.41, 5.74) is 5.54. The van der Waals surface area contributed by atoms with Gasteiger partial charge in [0.25, 0.3) is 0 Å². The zero-order chi connectivity index (χ0) is 25.2. The molecule has 3 aliphatic rings. The van der Waals surface area contributed by atoms with Gasteiger partial charge < -0.3 is 19.7 Å². The van der Waals surface area contributed by atoms with Crippen LogP contribution in [0, 0.1) is 5.82 Å². The average molecular weight is 491 g/mol. The van der Waals surface area contributed by atoms with E-state index in [-0.39, 0.29) is 24.1 Å². The second kappa shape index (κ2) is 10.3. The second-order valence-corrected chi connectivity index (χ2v) is 9.48. The van der Waals surface area contributed by atoms with Crippen molar-refractivity contribution in [2.75, 3.05) is 37.8 Å². The van der Waals surface area contributed by atoms with Crippen molar-refractivity contribution in [1.29, 1.82) is 0 Å². The zero-order valence-electron chi connectivity index (χ0n) is 20.7. The highest BCUT2D eigenvalue weighted by molar-refractivity contribution is 6.04. The smallest absolute Gasteiger partial charge is 0.336 e. The van der Waals surface area contributed by atoms with E-state index in [9.17, 15) is 14.0 Å². The molecule has 1 fully saturated rings. The normalized spacial score (nSPS) is 22.3. The molecule has 0 amide bonds. The number of allylic oxidation sites excluding steroid dienone is 3. The largest absolute Gasteiger partial charge is 0.463 e. The van der Waals surface area contributed by atoms with Crippen LogP contribution in [0.1, 0.15) is 49.7 Å². The van der Waals surface area contributed by atoms with E-state index in [1.807, 2.05) is 19.1 Å². The molecule has 0 spiro atoms. The first-order chi connectivity index (χ1) is 17.5. The van der Waals surface area contributed by atoms with Crippen LogP contribution in [-0.2, 0) is 19.1 Å². The lowest BCUT2D eigenvalue weighted by atomic mass is 9.71. The molecule has 36 heavy (non-hydrogen) atoms. The Bertz CT molecular complexity index is 1210. The summed E-state index contributed by atoms with van der Waals surface area (Å²) >= 11 is 0. The molecular formula is C29H31FN2O4. The summed E-state index contributed by atoms with van der Waals surface area (Å²) in [5.74, 6) is -1.26. The van der Waals surface area contributed by atoms with Crippen LogP contribution in [0.4, 0.5) is 10.1 Å². The van der Waals surface area contributed by atoms with Crippen LogP contribution in [0.5, 0.6) is 0 Å². The number of rotatable bonds is 5. The zero-order valence-corrected chi connectivity index (χ0v) is 20.7. The van der Waals surface area contributed by atoms with Gasteiger partial charge in [0.2, 0.25) is 0 Å². The molecule has 1 saturated heterocycles. The summed E-state index contributed by atoms with van der Waals surface area (Å²) in [5, 5.41) is 3.35. The maximum absolute atomic E-state index is 13.6. The predicted molar refractivity (Wildman–Crippen MR) is 135 cm³/mol. The van der Waals surface area contributed by atoms with Crippen molar-refractivity contribution in [2.24, 2.45) is 0 Å². The van der Waals surface area contributed by atoms with E-state index in [2.05, 4.69) is 22.3 Å². The molecule has 2 aromatic carbocycles. The van der Waals surface area contributed by atoms with E-state index in [0.717, 1.165) is 35.6 Å². The van der Waals surface area contributed by atoms with E-state index < -0.39 is 11.9 Å². The Morgan fingerprint density at radius 2 is 1.72 bits per heavy atom. The van der Waals surface area contributed by atoms with Crippen LogP contribution in [0.15, 0.2) is 71.1 Å². The molecular weight excluding hydrogens is 459 g/mol. The number of Topliss-reactive ketones (excluding diaryl/α,β-unsaturated/α-hetero) is 1. The van der Waals surface area contributed by atoms with Gasteiger partial charge in [-0.05, 0) is 61.6 Å². The number of carbonyl (C=O) groups excluding carboxylic acids is 2. The molecule has 7 heteroatoms. The number of benzene rings is 2. The molecule has 5 rings (SSSR count). The maximum atomic E-state index is 13.6. The summed E-state index contributed by atoms with van der Waals surface area (Å²) in [6, 6.07) is 14.5. The van der Waals surface area contributed by atoms with Crippen molar-refractivity contribution in [3.05, 3.63) is 88.0 Å². The number of morpholine rings is 1. The summed E-state index contributed by atoms with van der Waals surface area (Å²) < 4.78 is 24.3. The van der Waals surface area contributed by atoms with Crippen molar-refractivity contribution >= 4 is 17.4 Å². The van der Waals surface area contributed by atoms with Gasteiger partial charge in [-0.3, -0.25) is 4.79 Å². The fourth-order valence-corrected chi connectivity index (χ4v) is 5.52. The molecule has 6 nitrogen and oxygen atoms in total. The number of carbonyl (C=O) groups is 2. The van der Waals surface area contributed by atoms with Gasteiger partial charge in [-0.15, -0.1) is 0 Å². The first-order valence-corrected chi connectivity index (χ1v) is 12.6. The van der Waals surface area contributed by atoms with Gasteiger partial charge in [0.1, 0.15) is 5.82 Å². The lowest BCUT2D eigenvalue weighted by molar-refractivity contribution is -0.138. The number of hydrogen-bond acceptors (Lipinski definition) is 6. The molecule has 2 aliphatic heterocycles. The van der Waals surface area contributed by atoms with Crippen LogP contribution in [-0.4, -0.2) is 44.7 Å². The number of nitrogens with zero attached hydrogens (tertiary/aromatic N) is 1. The maximum Gasteiger partial charge on any atom is 0.336 e. The summed E-state index contributed by atoms with van der Waals surface area (Å²) in [6.07, 6.45) is 0.923. The molecule has 2 aromatic rings. The summed E-state index contributed by atoms with van der Waals surface area (Å²) in [6.45, 7) is 6.95. The minimum atomic E-state index is -0.499. The number of ketones is 1. The first-order valence-electron chi connectivity index (χ1n) is 12.6. The third-order valence-electron chi connectivity index (χ3n) is 7.27. The molecule has 0 radical (unpaired) electrons. The van der Waals surface area contributed by atoms with Gasteiger partial charge in [0, 0.05) is 48.1 Å². The average Bonchev–Trinajstić information content (AvgIpc) is 2.89. The fraction of sp³-hybridized carbons (Fsp3) is 0.379. The Hall–Kier alpha value is -3.45. The molecule has 0 aromatic heterocycles. The van der Waals surface area contributed by atoms with E-state index in [0.29, 0.717) is 42.9 Å². The van der Waals surface area contributed by atoms with Crippen molar-refractivity contribution in [2.45, 2.75) is 38.5 Å². The third kappa shape index (κ3) is 4.67. The quantitative estimate of drug-likeness (QED) is 0.619. The lowest BCUT2D eigenvalue weighted by Gasteiger charge is -2.37. The van der Waals surface area contributed by atoms with Crippen LogP contribution in [0.2, 0.25) is 0 Å². The Kier molecular flexibility index (Phi) is 6.92. The van der Waals surface area contributed by atoms with Gasteiger partial charge in [-0.25, -0.2) is 9.18 Å². The van der Waals surface area contributed by atoms with E-state index >= 15 is 0 Å². The number of anilines is 1. The van der Waals surface area contributed by atoms with E-state index in [1.54, 1.807) is 19.1 Å². The van der Waals surface area contributed by atoms with Crippen LogP contribution < -0.4 is 10.2 Å². The summed E-state index contributed by atoms with van der Waals surface area (Å²) in [7, 11) is 0. The highest BCUT2D eigenvalue weighted by Gasteiger charge is 2.41. The number of nitrogens with one attached hydrogen (secondary N) is 1. The predicted octanol–water partition coefficient (Wildman–Crippen LogP) is 4.59. The molecule has 0 bridgehead atoms. The van der Waals surface area contributed by atoms with E-state index in [1.165, 1.54) is 12.1 Å². The highest BCUT2D eigenvalue weighted by atomic mass is 19.1. The van der Waals surface area contributed by atoms with Gasteiger partial charge in [0.05, 0.1) is 25.4 Å². The van der Waals surface area contributed by atoms with Crippen LogP contribution in [0.3, 0.4) is 0 Å². The number of hydrogen-bond donors (Lipinski definition) is 1. The molecule has 1 aliphatic carbocycles. The number of dihydropyridines is 1. The Balaban J connectivity index is 1.52. The van der Waals surface area contributed by atoms with Crippen molar-refractivity contribution in [3.63, 3.8) is 0 Å². The molecule has 2 atom stereocenters. The summed E-state index contributed by atoms with van der Waals surface area (Å²) in [4.78, 5) is 29.0. The van der Waals surface area contributed by atoms with E-state index in [4.69, 9.17) is 9.47 Å². The monoisotopic (exact) mass is 490 g/mol. The lowest BCUT2D eigenvalue weighted by Crippen LogP contribution is -2.36. The van der Waals surface area contributed by atoms with Gasteiger partial charge in [-0.1, -0.05) is 24.3 Å². The Labute approximate surface area is 210 Å². The minimum Gasteiger partial charge on any atom is -0.463 e. The fourth-order valence-electron chi connectivity index (χ4n) is 5.52. The van der Waals surface area contributed by atoms with Crippen LogP contribution in [0.25, 0.3) is 0 Å². The van der Waals surface area contributed by atoms with Crippen molar-refractivity contribution in [3.8, 4) is 0 Å². The van der Waals surface area contributed by atoms with Crippen LogP contribution >= 0.6 is 0 Å². The number of ether oxygens (including phenoxy) is 2. The van der Waals surface area contributed by atoms with Crippen molar-refractivity contribution in [1.82, 2.24) is 5.32 Å². The SMILES string of the molecule is CCOC(=O)C1=C(C)NC2=C(C(=O)C[C@@H](c3ccc(F)cc3)C2)[C@H]1c1ccc(N2CCOCC2)cc1. The number of halogens is 1. The number of esters is 1. The Morgan fingerprint density at radius 1 is 1.06 bits per heavy atom. The molecule has 0 saturated carbocycles. The van der Waals surface area contributed by atoms with Crippen molar-refractivity contribution < 1.29 is 23.5 Å². The molecule has 0 unspecified atom stereocenters. The third-order valence-corrected chi connectivity index (χ3v) is 7.27. The first kappa shape index (κ1) is 24.3. The molecule has 2 heterocycles. The van der Waals surface area contributed by atoms with Gasteiger partial charge >= 0.3 is 5.97 Å². The minimum absolute atomic E-state index is 0.00497. The topological polar surface area (TPSA) is 67.9 Å².